The van der Waals surface area contributed by atoms with E-state index in [0.717, 1.165) is 11.5 Å². The van der Waals surface area contributed by atoms with Gasteiger partial charge in [0.2, 0.25) is 0 Å². The number of benzene rings is 1. The van der Waals surface area contributed by atoms with E-state index in [1.807, 2.05) is 0 Å². The zero-order valence-corrected chi connectivity index (χ0v) is 9.82. The van der Waals surface area contributed by atoms with E-state index in [4.69, 9.17) is 0 Å². The molecule has 0 saturated heterocycles. The largest absolute Gasteiger partial charge is 0.299 e. The molecule has 2 aliphatic carbocycles. The lowest BCUT2D eigenvalue weighted by Gasteiger charge is -2.20. The van der Waals surface area contributed by atoms with Crippen molar-refractivity contribution in [2.75, 3.05) is 0 Å². The van der Waals surface area contributed by atoms with Crippen molar-refractivity contribution in [3.05, 3.63) is 35.4 Å². The van der Waals surface area contributed by atoms with Gasteiger partial charge in [0.05, 0.1) is 6.42 Å². The van der Waals surface area contributed by atoms with Crippen LogP contribution in [0.15, 0.2) is 24.3 Å². The molecule has 0 bridgehead atoms. The maximum atomic E-state index is 11.4. The topological polar surface area (TPSA) is 34.1 Å². The van der Waals surface area contributed by atoms with Gasteiger partial charge in [0.15, 0.2) is 0 Å². The molecule has 0 radical (unpaired) electrons. The van der Waals surface area contributed by atoms with Crippen LogP contribution in [-0.4, -0.2) is 11.6 Å². The van der Waals surface area contributed by atoms with Crippen LogP contribution in [0.4, 0.5) is 0 Å². The predicted molar refractivity (Wildman–Crippen MR) is 65.0 cm³/mol. The van der Waals surface area contributed by atoms with Gasteiger partial charge in [0.25, 0.3) is 0 Å². The zero-order chi connectivity index (χ0) is 11.8. The second kappa shape index (κ2) is 4.10. The summed E-state index contributed by atoms with van der Waals surface area (Å²) in [5, 5.41) is 0. The number of rotatable bonds is 2. The highest BCUT2D eigenvalue weighted by atomic mass is 16.1. The summed E-state index contributed by atoms with van der Waals surface area (Å²) >= 11 is 0. The van der Waals surface area contributed by atoms with Crippen LogP contribution >= 0.6 is 0 Å². The quantitative estimate of drug-likeness (QED) is 0.729. The molecule has 0 unspecified atom stereocenters. The summed E-state index contributed by atoms with van der Waals surface area (Å²) in [6.45, 7) is 0. The summed E-state index contributed by atoms with van der Waals surface area (Å²) in [6.07, 6.45) is 3.83. The molecule has 0 aliphatic heterocycles. The third kappa shape index (κ3) is 2.31. The molecule has 1 aromatic carbocycles. The number of carbonyl (C=O) groups excluding carboxylic acids is 2. The van der Waals surface area contributed by atoms with Crippen molar-refractivity contribution in [1.82, 2.24) is 0 Å². The first-order valence-electron chi connectivity index (χ1n) is 6.35. The standard InChI is InChI=1S/C15H16O2/c16-14-7-13(8-15(17)9-14)12-5-3-11(4-6-12)10-1-2-10/h3-6,10,13H,1-2,7-9H2. The van der Waals surface area contributed by atoms with Crippen molar-refractivity contribution in [3.63, 3.8) is 0 Å². The van der Waals surface area contributed by atoms with E-state index in [1.54, 1.807) is 0 Å². The first-order chi connectivity index (χ1) is 8.22. The molecule has 2 saturated carbocycles. The normalized spacial score (nSPS) is 21.9. The highest BCUT2D eigenvalue weighted by Crippen LogP contribution is 2.40. The minimum Gasteiger partial charge on any atom is -0.299 e. The first-order valence-corrected chi connectivity index (χ1v) is 6.35. The smallest absolute Gasteiger partial charge is 0.140 e. The molecule has 88 valence electrons. The molecule has 2 heteroatoms. The average Bonchev–Trinajstić information content (AvgIpc) is 3.12. The number of hydrogen-bond donors (Lipinski definition) is 0. The fraction of sp³-hybridized carbons (Fsp3) is 0.467. The monoisotopic (exact) mass is 228 g/mol. The fourth-order valence-corrected chi connectivity index (χ4v) is 2.68. The van der Waals surface area contributed by atoms with Crippen LogP contribution in [0.3, 0.4) is 0 Å². The maximum Gasteiger partial charge on any atom is 0.140 e. The second-order valence-electron chi connectivity index (χ2n) is 5.30. The molecular weight excluding hydrogens is 212 g/mol. The minimum absolute atomic E-state index is 0.0949. The van der Waals surface area contributed by atoms with Crippen LogP contribution in [0.5, 0.6) is 0 Å². The number of hydrogen-bond acceptors (Lipinski definition) is 2. The third-order valence-electron chi connectivity index (χ3n) is 3.80. The van der Waals surface area contributed by atoms with E-state index in [9.17, 15) is 9.59 Å². The van der Waals surface area contributed by atoms with Gasteiger partial charge in [0.1, 0.15) is 11.6 Å². The fourth-order valence-electron chi connectivity index (χ4n) is 2.68. The van der Waals surface area contributed by atoms with E-state index >= 15 is 0 Å². The van der Waals surface area contributed by atoms with E-state index in [0.29, 0.717) is 12.8 Å². The first kappa shape index (κ1) is 10.7. The van der Waals surface area contributed by atoms with Gasteiger partial charge in [-0.05, 0) is 35.8 Å². The molecular formula is C15H16O2. The van der Waals surface area contributed by atoms with Gasteiger partial charge >= 0.3 is 0 Å². The lowest BCUT2D eigenvalue weighted by atomic mass is 9.82. The molecule has 0 spiro atoms. The van der Waals surface area contributed by atoms with E-state index in [-0.39, 0.29) is 23.9 Å². The van der Waals surface area contributed by atoms with Crippen LogP contribution < -0.4 is 0 Å². The lowest BCUT2D eigenvalue weighted by molar-refractivity contribution is -0.130. The second-order valence-corrected chi connectivity index (χ2v) is 5.30. The van der Waals surface area contributed by atoms with E-state index in [2.05, 4.69) is 24.3 Å². The molecule has 2 fully saturated rings. The molecule has 0 aromatic heterocycles. The van der Waals surface area contributed by atoms with Gasteiger partial charge in [-0.3, -0.25) is 9.59 Å². The Balaban J connectivity index is 1.78. The average molecular weight is 228 g/mol. The summed E-state index contributed by atoms with van der Waals surface area (Å²) in [5.74, 6) is 1.07. The molecule has 2 aliphatic rings. The summed E-state index contributed by atoms with van der Waals surface area (Å²) in [7, 11) is 0. The van der Waals surface area contributed by atoms with Crippen LogP contribution in [-0.2, 0) is 9.59 Å². The number of carbonyl (C=O) groups is 2. The van der Waals surface area contributed by atoms with Gasteiger partial charge in [-0.25, -0.2) is 0 Å². The van der Waals surface area contributed by atoms with Gasteiger partial charge in [-0.1, -0.05) is 24.3 Å². The molecule has 17 heavy (non-hydrogen) atoms. The summed E-state index contributed by atoms with van der Waals surface area (Å²) in [5.41, 5.74) is 2.55. The number of Topliss-reactive ketones (excluding diaryl/α,β-unsaturated/α-hetero) is 2. The van der Waals surface area contributed by atoms with Crippen LogP contribution in [0.25, 0.3) is 0 Å². The van der Waals surface area contributed by atoms with Crippen molar-refractivity contribution >= 4 is 11.6 Å². The van der Waals surface area contributed by atoms with Crippen LogP contribution in [0, 0.1) is 0 Å². The molecule has 0 atom stereocenters. The molecule has 3 rings (SSSR count). The Morgan fingerprint density at radius 3 is 1.71 bits per heavy atom. The SMILES string of the molecule is O=C1CC(=O)CC(c2ccc(C3CC3)cc2)C1. The third-order valence-corrected chi connectivity index (χ3v) is 3.80. The minimum atomic E-state index is 0.0949. The molecule has 0 N–H and O–H groups in total. The Morgan fingerprint density at radius 1 is 0.765 bits per heavy atom. The summed E-state index contributed by atoms with van der Waals surface area (Å²) < 4.78 is 0. The molecule has 0 amide bonds. The van der Waals surface area contributed by atoms with Crippen molar-refractivity contribution < 1.29 is 9.59 Å². The lowest BCUT2D eigenvalue weighted by Crippen LogP contribution is -2.21. The van der Waals surface area contributed by atoms with Gasteiger partial charge in [0, 0.05) is 12.8 Å². The molecule has 1 aromatic rings. The Labute approximate surface area is 101 Å². The van der Waals surface area contributed by atoms with Crippen molar-refractivity contribution in [2.24, 2.45) is 0 Å². The molecule has 0 heterocycles. The van der Waals surface area contributed by atoms with E-state index in [1.165, 1.54) is 18.4 Å². The number of ketones is 2. The Hall–Kier alpha value is -1.44. The van der Waals surface area contributed by atoms with Gasteiger partial charge in [-0.15, -0.1) is 0 Å². The van der Waals surface area contributed by atoms with E-state index < -0.39 is 0 Å². The maximum absolute atomic E-state index is 11.4. The summed E-state index contributed by atoms with van der Waals surface area (Å²) in [4.78, 5) is 22.8. The van der Waals surface area contributed by atoms with Crippen molar-refractivity contribution in [2.45, 2.75) is 43.9 Å². The van der Waals surface area contributed by atoms with Crippen LogP contribution in [0.2, 0.25) is 0 Å². The zero-order valence-electron chi connectivity index (χ0n) is 9.82. The Bertz CT molecular complexity index is 438. The van der Waals surface area contributed by atoms with Crippen molar-refractivity contribution in [3.8, 4) is 0 Å². The predicted octanol–water partition coefficient (Wildman–Crippen LogP) is 2.97. The molecule has 2 nitrogen and oxygen atoms in total. The highest BCUT2D eigenvalue weighted by molar-refractivity contribution is 6.02. The Kier molecular flexibility index (Phi) is 2.58. The summed E-state index contributed by atoms with van der Waals surface area (Å²) in [6, 6.07) is 8.53. The highest BCUT2D eigenvalue weighted by Gasteiger charge is 2.27. The Morgan fingerprint density at radius 2 is 1.24 bits per heavy atom. The van der Waals surface area contributed by atoms with Crippen molar-refractivity contribution in [1.29, 1.82) is 0 Å². The van der Waals surface area contributed by atoms with Crippen LogP contribution in [0.1, 0.15) is 55.1 Å². The van der Waals surface area contributed by atoms with Gasteiger partial charge < -0.3 is 0 Å². The van der Waals surface area contributed by atoms with Gasteiger partial charge in [-0.2, -0.15) is 0 Å².